The number of carbonyl (C=O) groups excluding carboxylic acids is 1. The first kappa shape index (κ1) is 29.5. The summed E-state index contributed by atoms with van der Waals surface area (Å²) < 4.78 is 36.5. The molecule has 3 saturated heterocycles. The molecule has 11 nitrogen and oxygen atoms in total. The highest BCUT2D eigenvalue weighted by atomic mass is 31.2. The summed E-state index contributed by atoms with van der Waals surface area (Å²) in [5.41, 5.74) is 2.11. The Kier molecular flexibility index (Phi) is 8.10. The maximum absolute atomic E-state index is 12.6. The lowest BCUT2D eigenvalue weighted by Crippen LogP contribution is -2.38. The number of hydrogen-bond acceptors (Lipinski definition) is 10. The zero-order valence-corrected chi connectivity index (χ0v) is 26.0. The summed E-state index contributed by atoms with van der Waals surface area (Å²) in [5.74, 6) is -0.346. The van der Waals surface area contributed by atoms with Crippen LogP contribution < -0.4 is 0 Å². The zero-order chi connectivity index (χ0) is 29.6. The van der Waals surface area contributed by atoms with E-state index in [-0.39, 0.29) is 24.9 Å². The molecular weight excluding hydrogens is 557 g/mol. The van der Waals surface area contributed by atoms with E-state index in [2.05, 4.69) is 57.7 Å². The van der Waals surface area contributed by atoms with Gasteiger partial charge in [0.1, 0.15) is 29.7 Å². The molecule has 1 aromatic carbocycles. The number of benzene rings is 1. The van der Waals surface area contributed by atoms with Gasteiger partial charge in [0.25, 0.3) is 8.53 Å². The lowest BCUT2D eigenvalue weighted by atomic mass is 9.87. The van der Waals surface area contributed by atoms with Gasteiger partial charge in [0.05, 0.1) is 29.6 Å². The van der Waals surface area contributed by atoms with Crippen molar-refractivity contribution in [3.63, 3.8) is 0 Å². The number of nitrogens with zero attached hydrogens (tertiary/aromatic N) is 5. The summed E-state index contributed by atoms with van der Waals surface area (Å²) in [6.07, 6.45) is 4.01. The fourth-order valence-electron chi connectivity index (χ4n) is 6.09. The number of carbonyl (C=O) groups is 1. The van der Waals surface area contributed by atoms with Crippen LogP contribution in [-0.4, -0.2) is 67.9 Å². The van der Waals surface area contributed by atoms with E-state index in [1.165, 1.54) is 6.33 Å². The Bertz CT molecular complexity index is 1420. The first-order chi connectivity index (χ1) is 20.1. The first-order valence-electron chi connectivity index (χ1n) is 14.7. The van der Waals surface area contributed by atoms with Crippen LogP contribution in [0.5, 0.6) is 0 Å². The van der Waals surface area contributed by atoms with Gasteiger partial charge >= 0.3 is 5.97 Å². The van der Waals surface area contributed by atoms with Gasteiger partial charge < -0.3 is 23.3 Å². The molecule has 1 unspecified atom stereocenters. The Hall–Kier alpha value is -2.53. The van der Waals surface area contributed by atoms with Gasteiger partial charge in [-0.2, -0.15) is 0 Å². The maximum atomic E-state index is 12.6. The maximum Gasteiger partial charge on any atom is 0.313 e. The molecule has 2 aromatic heterocycles. The van der Waals surface area contributed by atoms with Crippen LogP contribution in [0.2, 0.25) is 0 Å². The molecule has 3 aromatic rings. The molecule has 0 amide bonds. The van der Waals surface area contributed by atoms with Gasteiger partial charge in [-0.25, -0.2) is 19.6 Å². The van der Waals surface area contributed by atoms with Crippen LogP contribution in [0.1, 0.15) is 71.4 Å². The van der Waals surface area contributed by atoms with Crippen molar-refractivity contribution in [3.8, 4) is 0 Å². The molecule has 0 N–H and O–H groups in total. The zero-order valence-electron chi connectivity index (χ0n) is 25.1. The number of imidazole rings is 1. The Morgan fingerprint density at radius 3 is 2.69 bits per heavy atom. The fraction of sp³-hybridized carbons (Fsp3) is 0.600. The molecule has 12 heteroatoms. The first-order valence-corrected chi connectivity index (χ1v) is 15.8. The van der Waals surface area contributed by atoms with E-state index >= 15 is 0 Å². The normalized spacial score (nSPS) is 31.6. The largest absolute Gasteiger partial charge is 0.438 e. The Morgan fingerprint density at radius 2 is 1.95 bits per heavy atom. The van der Waals surface area contributed by atoms with Gasteiger partial charge in [-0.05, 0) is 59.4 Å². The monoisotopic (exact) mass is 597 g/mol. The van der Waals surface area contributed by atoms with Gasteiger partial charge in [-0.15, -0.1) is 0 Å². The molecule has 3 fully saturated rings. The third-order valence-corrected chi connectivity index (χ3v) is 10.3. The smallest absolute Gasteiger partial charge is 0.313 e. The van der Waals surface area contributed by atoms with Crippen LogP contribution in [0.4, 0.5) is 0 Å². The molecule has 3 aliphatic heterocycles. The number of aryl methyl sites for hydroxylation is 1. The molecule has 0 saturated carbocycles. The number of fused-ring (bicyclic) bond motifs is 2. The molecule has 3 aliphatic rings. The molecule has 7 atom stereocenters. The minimum Gasteiger partial charge on any atom is -0.438 e. The quantitative estimate of drug-likeness (QED) is 0.190. The van der Waals surface area contributed by atoms with Gasteiger partial charge in [0, 0.05) is 6.54 Å². The average molecular weight is 598 g/mol. The van der Waals surface area contributed by atoms with Gasteiger partial charge in [0.2, 0.25) is 0 Å². The molecule has 0 bridgehead atoms. The summed E-state index contributed by atoms with van der Waals surface area (Å²) in [6.45, 7) is 12.2. The van der Waals surface area contributed by atoms with E-state index in [0.717, 1.165) is 30.6 Å². The summed E-state index contributed by atoms with van der Waals surface area (Å²) in [5, 5.41) is 0. The molecule has 6 rings (SSSR count). The Balaban J connectivity index is 1.30. The van der Waals surface area contributed by atoms with E-state index in [0.29, 0.717) is 17.6 Å². The van der Waals surface area contributed by atoms with E-state index in [4.69, 9.17) is 23.3 Å². The van der Waals surface area contributed by atoms with Gasteiger partial charge in [-0.3, -0.25) is 9.36 Å². The third-order valence-electron chi connectivity index (χ3n) is 8.46. The van der Waals surface area contributed by atoms with Gasteiger partial charge in [-0.1, -0.05) is 37.3 Å². The second-order valence-corrected chi connectivity index (χ2v) is 13.8. The van der Waals surface area contributed by atoms with Crippen LogP contribution in [0.15, 0.2) is 43.0 Å². The lowest BCUT2D eigenvalue weighted by Gasteiger charge is -2.29. The Labute approximate surface area is 247 Å². The molecule has 0 spiro atoms. The number of aromatic nitrogens is 4. The number of esters is 1. The van der Waals surface area contributed by atoms with Crippen molar-refractivity contribution >= 4 is 25.7 Å². The third kappa shape index (κ3) is 5.25. The van der Waals surface area contributed by atoms with Crippen molar-refractivity contribution in [2.24, 2.45) is 5.41 Å². The minimum atomic E-state index is -1.41. The van der Waals surface area contributed by atoms with Crippen LogP contribution in [0, 0.1) is 12.3 Å². The number of rotatable bonds is 8. The van der Waals surface area contributed by atoms with Crippen LogP contribution >= 0.6 is 8.53 Å². The summed E-state index contributed by atoms with van der Waals surface area (Å²) in [6, 6.07) is 10.6. The van der Waals surface area contributed by atoms with E-state index in [9.17, 15) is 4.79 Å². The molecule has 42 heavy (non-hydrogen) atoms. The van der Waals surface area contributed by atoms with Crippen molar-refractivity contribution < 1.29 is 28.1 Å². The fourth-order valence-corrected chi connectivity index (χ4v) is 8.24. The Morgan fingerprint density at radius 1 is 1.17 bits per heavy atom. The standard InChI is InChI=1S/C30H40N5O6P/c1-7-21-24(40-42-35-15-11-14-22(35)30(6,41-42)20-12-9-8-10-13-20)25(37-18-38-28(36)29(3,4)5)27(39-21)34-17-33-23-19(2)31-16-32-26(23)34/h8-10,12-13,16-17,21-22,24-25,27H,7,11,14-15,18H2,1-6H3/t21-,22-,24?,25+,27-,30+,42-/m1/s1. The summed E-state index contributed by atoms with van der Waals surface area (Å²) in [7, 11) is -1.41. The average Bonchev–Trinajstić information content (AvgIpc) is 3.74. The second-order valence-electron chi connectivity index (χ2n) is 12.4. The molecule has 0 aliphatic carbocycles. The number of ether oxygens (including phenoxy) is 3. The SMILES string of the molecule is CC[C@H]1O[C@@H](n2cnc3c(C)ncnc32)[C@@H](OCOC(=O)C(C)(C)C)C1O[P@]1O[C@@](C)(c2ccccc2)[C@H]2CCCN21. The highest BCUT2D eigenvalue weighted by Crippen LogP contribution is 2.64. The van der Waals surface area contributed by atoms with Crippen molar-refractivity contribution in [2.75, 3.05) is 13.3 Å². The van der Waals surface area contributed by atoms with Crippen molar-refractivity contribution in [2.45, 2.75) is 97.0 Å². The predicted molar refractivity (Wildman–Crippen MR) is 156 cm³/mol. The van der Waals surface area contributed by atoms with Crippen LogP contribution in [-0.2, 0) is 33.7 Å². The number of hydrogen-bond donors (Lipinski definition) is 0. The highest BCUT2D eigenvalue weighted by molar-refractivity contribution is 7.45. The van der Waals surface area contributed by atoms with E-state index in [1.54, 1.807) is 6.33 Å². The molecular formula is C30H40N5O6P. The van der Waals surface area contributed by atoms with E-state index in [1.807, 2.05) is 38.3 Å². The topological polar surface area (TPSA) is 110 Å². The van der Waals surface area contributed by atoms with Crippen molar-refractivity contribution in [1.82, 2.24) is 24.2 Å². The molecule has 0 radical (unpaired) electrons. The van der Waals surface area contributed by atoms with Crippen LogP contribution in [0.3, 0.4) is 0 Å². The van der Waals surface area contributed by atoms with Crippen molar-refractivity contribution in [1.29, 1.82) is 0 Å². The molecule has 5 heterocycles. The lowest BCUT2D eigenvalue weighted by molar-refractivity contribution is -0.178. The van der Waals surface area contributed by atoms with Crippen molar-refractivity contribution in [3.05, 3.63) is 54.2 Å². The summed E-state index contributed by atoms with van der Waals surface area (Å²) in [4.78, 5) is 25.9. The van der Waals surface area contributed by atoms with Crippen LogP contribution in [0.25, 0.3) is 11.2 Å². The predicted octanol–water partition coefficient (Wildman–Crippen LogP) is 5.40. The highest BCUT2D eigenvalue weighted by Gasteiger charge is 2.57. The molecule has 226 valence electrons. The van der Waals surface area contributed by atoms with Gasteiger partial charge in [0.15, 0.2) is 18.7 Å². The summed E-state index contributed by atoms with van der Waals surface area (Å²) >= 11 is 0. The van der Waals surface area contributed by atoms with E-state index < -0.39 is 38.0 Å². The second kappa shape index (κ2) is 11.5. The minimum absolute atomic E-state index is 0.216.